The van der Waals surface area contributed by atoms with Gasteiger partial charge in [0, 0.05) is 12.0 Å². The van der Waals surface area contributed by atoms with E-state index in [1.807, 2.05) is 30.3 Å². The Labute approximate surface area is 97.7 Å². The highest BCUT2D eigenvalue weighted by Gasteiger charge is 2.30. The molecular formula is C14H21NO. The predicted octanol–water partition coefficient (Wildman–Crippen LogP) is 2.50. The van der Waals surface area contributed by atoms with Crippen LogP contribution in [0.1, 0.15) is 37.9 Å². The Morgan fingerprint density at radius 1 is 1.38 bits per heavy atom. The molecule has 1 aliphatic rings. The molecule has 1 heterocycles. The lowest BCUT2D eigenvalue weighted by molar-refractivity contribution is 0.0638. The van der Waals surface area contributed by atoms with Crippen molar-refractivity contribution in [3.63, 3.8) is 0 Å². The first-order valence-corrected chi connectivity index (χ1v) is 6.29. The molecule has 0 spiro atoms. The number of hydrogen-bond donors (Lipinski definition) is 2. The van der Waals surface area contributed by atoms with Crippen molar-refractivity contribution in [1.29, 1.82) is 0 Å². The van der Waals surface area contributed by atoms with Crippen molar-refractivity contribution < 1.29 is 5.11 Å². The van der Waals surface area contributed by atoms with Gasteiger partial charge in [0.2, 0.25) is 0 Å². The molecule has 0 saturated carbocycles. The Balaban J connectivity index is 2.10. The van der Waals surface area contributed by atoms with Crippen molar-refractivity contribution >= 4 is 0 Å². The summed E-state index contributed by atoms with van der Waals surface area (Å²) in [7, 11) is 0. The fraction of sp³-hybridized carbons (Fsp3) is 0.571. The number of aliphatic hydroxyl groups excluding tert-OH is 1. The molecule has 1 aromatic carbocycles. The molecule has 2 heteroatoms. The lowest BCUT2D eigenvalue weighted by atomic mass is 9.82. The smallest absolute Gasteiger partial charge is 0.0833 e. The molecule has 1 fully saturated rings. The van der Waals surface area contributed by atoms with Gasteiger partial charge in [-0.05, 0) is 31.4 Å². The lowest BCUT2D eigenvalue weighted by Gasteiger charge is -2.35. The minimum atomic E-state index is -0.320. The van der Waals surface area contributed by atoms with E-state index in [4.69, 9.17) is 0 Å². The molecule has 2 nitrogen and oxygen atoms in total. The first-order valence-electron chi connectivity index (χ1n) is 6.29. The fourth-order valence-electron chi connectivity index (χ4n) is 2.70. The Morgan fingerprint density at radius 2 is 2.12 bits per heavy atom. The van der Waals surface area contributed by atoms with Gasteiger partial charge in [-0.25, -0.2) is 0 Å². The van der Waals surface area contributed by atoms with Gasteiger partial charge in [0.25, 0.3) is 0 Å². The van der Waals surface area contributed by atoms with Gasteiger partial charge < -0.3 is 10.4 Å². The Bertz CT molecular complexity index is 312. The molecule has 1 aliphatic heterocycles. The summed E-state index contributed by atoms with van der Waals surface area (Å²) in [6.45, 7) is 3.28. The van der Waals surface area contributed by atoms with Crippen LogP contribution in [-0.4, -0.2) is 17.7 Å². The van der Waals surface area contributed by atoms with Crippen LogP contribution in [-0.2, 0) is 0 Å². The van der Waals surface area contributed by atoms with Crippen molar-refractivity contribution in [2.24, 2.45) is 5.92 Å². The van der Waals surface area contributed by atoms with E-state index in [-0.39, 0.29) is 6.10 Å². The fourth-order valence-corrected chi connectivity index (χ4v) is 2.70. The molecule has 0 amide bonds. The number of piperidine rings is 1. The van der Waals surface area contributed by atoms with Gasteiger partial charge in [0.15, 0.2) is 0 Å². The lowest BCUT2D eigenvalue weighted by Crippen LogP contribution is -2.43. The van der Waals surface area contributed by atoms with Gasteiger partial charge in [-0.2, -0.15) is 0 Å². The van der Waals surface area contributed by atoms with E-state index in [9.17, 15) is 5.11 Å². The Kier molecular flexibility index (Phi) is 3.97. The van der Waals surface area contributed by atoms with Crippen molar-refractivity contribution in [3.8, 4) is 0 Å². The molecule has 1 saturated heterocycles. The van der Waals surface area contributed by atoms with Crippen LogP contribution in [0.3, 0.4) is 0 Å². The zero-order valence-corrected chi connectivity index (χ0v) is 9.89. The maximum absolute atomic E-state index is 10.4. The molecule has 3 atom stereocenters. The summed E-state index contributed by atoms with van der Waals surface area (Å²) in [6.07, 6.45) is 3.07. The molecule has 0 bridgehead atoms. The molecule has 2 N–H and O–H groups in total. The number of nitrogens with one attached hydrogen (secondary N) is 1. The third-order valence-corrected chi connectivity index (χ3v) is 3.62. The van der Waals surface area contributed by atoms with Crippen LogP contribution in [0.2, 0.25) is 0 Å². The van der Waals surface area contributed by atoms with E-state index in [0.717, 1.165) is 24.9 Å². The van der Waals surface area contributed by atoms with E-state index in [0.29, 0.717) is 12.0 Å². The second kappa shape index (κ2) is 5.46. The normalized spacial score (nSPS) is 27.6. The van der Waals surface area contributed by atoms with Crippen LogP contribution in [0.25, 0.3) is 0 Å². The van der Waals surface area contributed by atoms with Crippen LogP contribution < -0.4 is 5.32 Å². The Hall–Kier alpha value is -0.860. The molecular weight excluding hydrogens is 198 g/mol. The third-order valence-electron chi connectivity index (χ3n) is 3.62. The molecule has 0 unspecified atom stereocenters. The van der Waals surface area contributed by atoms with Crippen LogP contribution in [0, 0.1) is 5.92 Å². The van der Waals surface area contributed by atoms with E-state index in [1.54, 1.807) is 0 Å². The van der Waals surface area contributed by atoms with Crippen LogP contribution in [0.4, 0.5) is 0 Å². The second-order valence-corrected chi connectivity index (χ2v) is 4.63. The molecule has 16 heavy (non-hydrogen) atoms. The highest BCUT2D eigenvalue weighted by molar-refractivity contribution is 5.18. The van der Waals surface area contributed by atoms with E-state index >= 15 is 0 Å². The second-order valence-electron chi connectivity index (χ2n) is 4.63. The highest BCUT2D eigenvalue weighted by Crippen LogP contribution is 2.31. The molecule has 88 valence electrons. The van der Waals surface area contributed by atoms with Crippen LogP contribution >= 0.6 is 0 Å². The van der Waals surface area contributed by atoms with E-state index in [1.165, 1.54) is 6.42 Å². The SMILES string of the molecule is CC[C@H]1NCCC[C@H]1[C@@H](O)c1ccccc1. The average molecular weight is 219 g/mol. The van der Waals surface area contributed by atoms with Crippen molar-refractivity contribution in [3.05, 3.63) is 35.9 Å². The van der Waals surface area contributed by atoms with E-state index in [2.05, 4.69) is 12.2 Å². The first kappa shape index (κ1) is 11.6. The minimum absolute atomic E-state index is 0.320. The zero-order chi connectivity index (χ0) is 11.4. The Morgan fingerprint density at radius 3 is 2.81 bits per heavy atom. The minimum Gasteiger partial charge on any atom is -0.388 e. The monoisotopic (exact) mass is 219 g/mol. The van der Waals surface area contributed by atoms with Gasteiger partial charge >= 0.3 is 0 Å². The van der Waals surface area contributed by atoms with Gasteiger partial charge in [-0.1, -0.05) is 37.3 Å². The van der Waals surface area contributed by atoms with Crippen LogP contribution in [0.5, 0.6) is 0 Å². The van der Waals surface area contributed by atoms with Crippen molar-refractivity contribution in [2.75, 3.05) is 6.54 Å². The number of hydrogen-bond acceptors (Lipinski definition) is 2. The maximum atomic E-state index is 10.4. The van der Waals surface area contributed by atoms with Crippen molar-refractivity contribution in [1.82, 2.24) is 5.32 Å². The quantitative estimate of drug-likeness (QED) is 0.818. The number of benzene rings is 1. The molecule has 2 rings (SSSR count). The summed E-state index contributed by atoms with van der Waals surface area (Å²) < 4.78 is 0. The zero-order valence-electron chi connectivity index (χ0n) is 9.89. The van der Waals surface area contributed by atoms with Gasteiger partial charge in [-0.15, -0.1) is 0 Å². The largest absolute Gasteiger partial charge is 0.388 e. The molecule has 0 radical (unpaired) electrons. The summed E-state index contributed by atoms with van der Waals surface area (Å²) in [5.41, 5.74) is 1.05. The molecule has 0 aliphatic carbocycles. The summed E-state index contributed by atoms with van der Waals surface area (Å²) >= 11 is 0. The molecule has 1 aromatic rings. The summed E-state index contributed by atoms with van der Waals surface area (Å²) in [6, 6.07) is 10.5. The van der Waals surface area contributed by atoms with Crippen LogP contribution in [0.15, 0.2) is 30.3 Å². The highest BCUT2D eigenvalue weighted by atomic mass is 16.3. The van der Waals surface area contributed by atoms with Crippen molar-refractivity contribution in [2.45, 2.75) is 38.3 Å². The van der Waals surface area contributed by atoms with E-state index < -0.39 is 0 Å². The topological polar surface area (TPSA) is 32.3 Å². The predicted molar refractivity (Wildman–Crippen MR) is 66.2 cm³/mol. The summed E-state index contributed by atoms with van der Waals surface area (Å²) in [4.78, 5) is 0. The number of rotatable bonds is 3. The number of aliphatic hydroxyl groups is 1. The maximum Gasteiger partial charge on any atom is 0.0833 e. The van der Waals surface area contributed by atoms with Gasteiger partial charge in [0.1, 0.15) is 0 Å². The summed E-state index contributed by atoms with van der Waals surface area (Å²) in [5.74, 6) is 0.362. The standard InChI is InChI=1S/C14H21NO/c1-2-13-12(9-6-10-15-13)14(16)11-7-4-3-5-8-11/h3-5,7-8,12-16H,2,6,9-10H2,1H3/t12-,13-,14+/m1/s1. The summed E-state index contributed by atoms with van der Waals surface area (Å²) in [5, 5.41) is 13.9. The van der Waals surface area contributed by atoms with Gasteiger partial charge in [-0.3, -0.25) is 0 Å². The van der Waals surface area contributed by atoms with Gasteiger partial charge in [0.05, 0.1) is 6.10 Å². The first-order chi connectivity index (χ1) is 7.83. The average Bonchev–Trinajstić information content (AvgIpc) is 2.39. The third kappa shape index (κ3) is 2.45. The molecule has 0 aromatic heterocycles.